The molecule has 37 heavy (non-hydrogen) atoms. The summed E-state index contributed by atoms with van der Waals surface area (Å²) in [4.78, 5) is 25.7. The van der Waals surface area contributed by atoms with Gasteiger partial charge in [-0.25, -0.2) is 4.79 Å². The average Bonchev–Trinajstić information content (AvgIpc) is 2.95. The molecule has 7 heteroatoms. The predicted molar refractivity (Wildman–Crippen MR) is 140 cm³/mol. The van der Waals surface area contributed by atoms with Crippen molar-refractivity contribution in [2.24, 2.45) is 0 Å². The summed E-state index contributed by atoms with van der Waals surface area (Å²) in [6.45, 7) is 0.0893. The number of esters is 1. The van der Waals surface area contributed by atoms with Crippen molar-refractivity contribution < 1.29 is 28.5 Å². The number of hydrogen-bond donors (Lipinski definition) is 1. The molecule has 0 aliphatic rings. The van der Waals surface area contributed by atoms with Gasteiger partial charge in [0.05, 0.1) is 7.11 Å². The van der Waals surface area contributed by atoms with Crippen molar-refractivity contribution in [1.29, 1.82) is 0 Å². The minimum absolute atomic E-state index is 0.361. The number of anilines is 1. The average molecular weight is 498 g/mol. The summed E-state index contributed by atoms with van der Waals surface area (Å²) >= 11 is 0. The van der Waals surface area contributed by atoms with Crippen LogP contribution in [-0.4, -0.2) is 25.6 Å². The highest BCUT2D eigenvalue weighted by Gasteiger charge is 2.25. The van der Waals surface area contributed by atoms with Gasteiger partial charge in [-0.3, -0.25) is 4.79 Å². The Morgan fingerprint density at radius 1 is 0.730 bits per heavy atom. The molecule has 7 nitrogen and oxygen atoms in total. The fourth-order valence-electron chi connectivity index (χ4n) is 3.49. The highest BCUT2D eigenvalue weighted by Crippen LogP contribution is 2.23. The standard InChI is InChI=1S/C30H27NO6/c1-34-27-14-8-13-24(19-27)31-30(33)29(23-11-6-3-7-12-23)37-28(32)21-36-26-17-15-25(16-18-26)35-20-22-9-4-2-5-10-22/h2-19,29H,20-21H2,1H3,(H,31,33). The van der Waals surface area contributed by atoms with E-state index in [4.69, 9.17) is 18.9 Å². The first-order valence-electron chi connectivity index (χ1n) is 11.7. The molecule has 1 amide bonds. The molecule has 0 heterocycles. The van der Waals surface area contributed by atoms with Crippen LogP contribution in [0.25, 0.3) is 0 Å². The molecule has 0 aliphatic carbocycles. The van der Waals surface area contributed by atoms with Gasteiger partial charge in [-0.2, -0.15) is 0 Å². The van der Waals surface area contributed by atoms with Crippen LogP contribution in [-0.2, 0) is 20.9 Å². The molecule has 4 aromatic carbocycles. The van der Waals surface area contributed by atoms with E-state index < -0.39 is 18.0 Å². The summed E-state index contributed by atoms with van der Waals surface area (Å²) in [5, 5.41) is 2.77. The number of benzene rings is 4. The second-order valence-corrected chi connectivity index (χ2v) is 8.04. The van der Waals surface area contributed by atoms with Gasteiger partial charge < -0.3 is 24.3 Å². The van der Waals surface area contributed by atoms with Crippen molar-refractivity contribution in [3.05, 3.63) is 120 Å². The van der Waals surface area contributed by atoms with Gasteiger partial charge in [0.25, 0.3) is 5.91 Å². The van der Waals surface area contributed by atoms with E-state index in [2.05, 4.69) is 5.32 Å². The maximum Gasteiger partial charge on any atom is 0.345 e. The minimum atomic E-state index is -1.16. The molecule has 0 radical (unpaired) electrons. The highest BCUT2D eigenvalue weighted by molar-refractivity contribution is 5.96. The van der Waals surface area contributed by atoms with Gasteiger partial charge in [0.2, 0.25) is 6.10 Å². The molecule has 4 aromatic rings. The lowest BCUT2D eigenvalue weighted by molar-refractivity contribution is -0.156. The quantitative estimate of drug-likeness (QED) is 0.273. The summed E-state index contributed by atoms with van der Waals surface area (Å²) in [5.74, 6) is 0.570. The Bertz CT molecular complexity index is 1290. The maximum atomic E-state index is 13.0. The van der Waals surface area contributed by atoms with Gasteiger partial charge >= 0.3 is 5.97 Å². The second kappa shape index (κ2) is 12.8. The summed E-state index contributed by atoms with van der Waals surface area (Å²) in [5.41, 5.74) is 2.12. The fraction of sp³-hybridized carbons (Fsp3) is 0.133. The van der Waals surface area contributed by atoms with Crippen LogP contribution in [0.1, 0.15) is 17.2 Å². The lowest BCUT2D eigenvalue weighted by Gasteiger charge is -2.18. The largest absolute Gasteiger partial charge is 0.497 e. The number of methoxy groups -OCH3 is 1. The van der Waals surface area contributed by atoms with Gasteiger partial charge in [-0.1, -0.05) is 66.7 Å². The Balaban J connectivity index is 1.34. The molecule has 1 unspecified atom stereocenters. The highest BCUT2D eigenvalue weighted by atomic mass is 16.6. The van der Waals surface area contributed by atoms with Crippen molar-refractivity contribution in [3.63, 3.8) is 0 Å². The first kappa shape index (κ1) is 25.3. The van der Waals surface area contributed by atoms with E-state index in [1.165, 1.54) is 0 Å². The van der Waals surface area contributed by atoms with E-state index in [0.717, 1.165) is 5.56 Å². The van der Waals surface area contributed by atoms with Gasteiger partial charge in [-0.15, -0.1) is 0 Å². The number of carbonyl (C=O) groups is 2. The molecule has 1 N–H and O–H groups in total. The molecule has 0 aromatic heterocycles. The first-order chi connectivity index (χ1) is 18.1. The fourth-order valence-corrected chi connectivity index (χ4v) is 3.49. The third-order valence-corrected chi connectivity index (χ3v) is 5.36. The molecule has 188 valence electrons. The molecule has 1 atom stereocenters. The van der Waals surface area contributed by atoms with Crippen molar-refractivity contribution in [1.82, 2.24) is 0 Å². The Morgan fingerprint density at radius 3 is 2.05 bits per heavy atom. The van der Waals surface area contributed by atoms with E-state index in [1.807, 2.05) is 36.4 Å². The zero-order chi connectivity index (χ0) is 25.9. The second-order valence-electron chi connectivity index (χ2n) is 8.04. The molecule has 0 saturated carbocycles. The summed E-state index contributed by atoms with van der Waals surface area (Å²) < 4.78 is 22.1. The number of hydrogen-bond acceptors (Lipinski definition) is 6. The smallest absolute Gasteiger partial charge is 0.345 e. The zero-order valence-electron chi connectivity index (χ0n) is 20.3. The van der Waals surface area contributed by atoms with Gasteiger partial charge in [0.15, 0.2) is 6.61 Å². The lowest BCUT2D eigenvalue weighted by Crippen LogP contribution is -2.28. The third-order valence-electron chi connectivity index (χ3n) is 5.36. The van der Waals surface area contributed by atoms with Crippen molar-refractivity contribution >= 4 is 17.6 Å². The third kappa shape index (κ3) is 7.60. The monoisotopic (exact) mass is 497 g/mol. The van der Waals surface area contributed by atoms with Crippen LogP contribution in [0.4, 0.5) is 5.69 Å². The Kier molecular flexibility index (Phi) is 8.75. The van der Waals surface area contributed by atoms with Crippen molar-refractivity contribution in [2.45, 2.75) is 12.7 Å². The van der Waals surface area contributed by atoms with E-state index in [1.54, 1.807) is 79.9 Å². The molecule has 0 aliphatic heterocycles. The van der Waals surface area contributed by atoms with Crippen LogP contribution in [0, 0.1) is 0 Å². The zero-order valence-corrected chi connectivity index (χ0v) is 20.3. The SMILES string of the molecule is COc1cccc(NC(=O)C(OC(=O)COc2ccc(OCc3ccccc3)cc2)c2ccccc2)c1. The number of rotatable bonds is 11. The number of amides is 1. The van der Waals surface area contributed by atoms with Gasteiger partial charge in [0, 0.05) is 17.3 Å². The number of nitrogens with one attached hydrogen (secondary N) is 1. The van der Waals surface area contributed by atoms with Crippen LogP contribution in [0.2, 0.25) is 0 Å². The molecule has 0 spiro atoms. The molecule has 0 bridgehead atoms. The van der Waals surface area contributed by atoms with E-state index >= 15 is 0 Å². The molecule has 0 saturated heterocycles. The van der Waals surface area contributed by atoms with Crippen LogP contribution in [0.5, 0.6) is 17.2 Å². The van der Waals surface area contributed by atoms with Gasteiger partial charge in [0.1, 0.15) is 23.9 Å². The number of carbonyl (C=O) groups excluding carboxylic acids is 2. The van der Waals surface area contributed by atoms with Crippen molar-refractivity contribution in [2.75, 3.05) is 19.0 Å². The minimum Gasteiger partial charge on any atom is -0.497 e. The topological polar surface area (TPSA) is 83.1 Å². The first-order valence-corrected chi connectivity index (χ1v) is 11.7. The normalized spacial score (nSPS) is 11.2. The molecular weight excluding hydrogens is 470 g/mol. The molecule has 4 rings (SSSR count). The van der Waals surface area contributed by atoms with Crippen LogP contribution in [0.3, 0.4) is 0 Å². The summed E-state index contributed by atoms with van der Waals surface area (Å²) in [7, 11) is 1.54. The Hall–Kier alpha value is -4.78. The maximum absolute atomic E-state index is 13.0. The van der Waals surface area contributed by atoms with Crippen LogP contribution < -0.4 is 19.5 Å². The van der Waals surface area contributed by atoms with E-state index in [0.29, 0.717) is 35.1 Å². The number of ether oxygens (including phenoxy) is 4. The Labute approximate surface area is 215 Å². The predicted octanol–water partition coefficient (Wildman–Crippen LogP) is 5.58. The van der Waals surface area contributed by atoms with Crippen molar-refractivity contribution in [3.8, 4) is 17.2 Å². The Morgan fingerprint density at radius 2 is 1.38 bits per heavy atom. The lowest BCUT2D eigenvalue weighted by atomic mass is 10.1. The van der Waals surface area contributed by atoms with Crippen LogP contribution >= 0.6 is 0 Å². The van der Waals surface area contributed by atoms with E-state index in [9.17, 15) is 9.59 Å². The van der Waals surface area contributed by atoms with Gasteiger partial charge in [-0.05, 0) is 42.0 Å². The summed E-state index contributed by atoms with van der Waals surface area (Å²) in [6, 6.07) is 32.5. The molecular formula is C30H27NO6. The van der Waals surface area contributed by atoms with Crippen LogP contribution in [0.15, 0.2) is 109 Å². The van der Waals surface area contributed by atoms with E-state index in [-0.39, 0.29) is 6.61 Å². The molecule has 0 fully saturated rings. The summed E-state index contributed by atoms with van der Waals surface area (Å²) in [6.07, 6.45) is -1.16.